The first kappa shape index (κ1) is 20.6. The minimum atomic E-state index is -0.720. The SMILES string of the molecule is CN=C(NCCOc1ccc(F)cc1F)NCC(c1cnn(C)c1)N(C)C. The number of nitrogens with one attached hydrogen (secondary N) is 2. The van der Waals surface area contributed by atoms with E-state index >= 15 is 0 Å². The number of aryl methyl sites for hydroxylation is 1. The van der Waals surface area contributed by atoms with Gasteiger partial charge < -0.3 is 20.3 Å². The summed E-state index contributed by atoms with van der Waals surface area (Å²) in [6.45, 7) is 1.25. The second kappa shape index (κ2) is 9.86. The first-order chi connectivity index (χ1) is 12.9. The lowest BCUT2D eigenvalue weighted by atomic mass is 10.1. The van der Waals surface area contributed by atoms with Gasteiger partial charge in [-0.15, -0.1) is 0 Å². The summed E-state index contributed by atoms with van der Waals surface area (Å²) in [5, 5.41) is 10.6. The number of nitrogens with zero attached hydrogens (tertiary/aromatic N) is 4. The van der Waals surface area contributed by atoms with Crippen molar-refractivity contribution in [3.63, 3.8) is 0 Å². The van der Waals surface area contributed by atoms with Gasteiger partial charge in [0.2, 0.25) is 0 Å². The zero-order chi connectivity index (χ0) is 19.8. The molecular weight excluding hydrogens is 354 g/mol. The van der Waals surface area contributed by atoms with Crippen molar-refractivity contribution in [2.24, 2.45) is 12.0 Å². The first-order valence-corrected chi connectivity index (χ1v) is 8.58. The molecule has 0 aliphatic heterocycles. The number of ether oxygens (including phenoxy) is 1. The first-order valence-electron chi connectivity index (χ1n) is 8.58. The fourth-order valence-corrected chi connectivity index (χ4v) is 2.55. The average Bonchev–Trinajstić information content (AvgIpc) is 3.04. The van der Waals surface area contributed by atoms with Gasteiger partial charge in [0.25, 0.3) is 0 Å². The minimum absolute atomic E-state index is 0.0189. The number of aromatic nitrogens is 2. The predicted molar refractivity (Wildman–Crippen MR) is 101 cm³/mol. The Labute approximate surface area is 158 Å². The maximum Gasteiger partial charge on any atom is 0.191 e. The average molecular weight is 380 g/mol. The second-order valence-electron chi connectivity index (χ2n) is 6.23. The van der Waals surface area contributed by atoms with Crippen LogP contribution in [0.4, 0.5) is 8.78 Å². The molecule has 0 amide bonds. The van der Waals surface area contributed by atoms with E-state index in [0.717, 1.165) is 17.7 Å². The number of likely N-dealkylation sites (N-methyl/N-ethyl adjacent to an activating group) is 1. The highest BCUT2D eigenvalue weighted by Crippen LogP contribution is 2.17. The van der Waals surface area contributed by atoms with Crippen molar-refractivity contribution in [2.75, 3.05) is 40.8 Å². The molecular formula is C18H26F2N6O. The number of hydrogen-bond donors (Lipinski definition) is 2. The van der Waals surface area contributed by atoms with Crippen molar-refractivity contribution in [2.45, 2.75) is 6.04 Å². The Morgan fingerprint density at radius 2 is 2.11 bits per heavy atom. The van der Waals surface area contributed by atoms with Crippen LogP contribution in [0.5, 0.6) is 5.75 Å². The summed E-state index contributed by atoms with van der Waals surface area (Å²) in [7, 11) is 7.56. The number of benzene rings is 1. The molecule has 0 saturated carbocycles. The van der Waals surface area contributed by atoms with Gasteiger partial charge in [0, 0.05) is 38.5 Å². The van der Waals surface area contributed by atoms with Gasteiger partial charge in [-0.3, -0.25) is 9.67 Å². The van der Waals surface area contributed by atoms with Crippen molar-refractivity contribution >= 4 is 5.96 Å². The van der Waals surface area contributed by atoms with Crippen LogP contribution in [0.1, 0.15) is 11.6 Å². The topological polar surface area (TPSA) is 66.7 Å². The van der Waals surface area contributed by atoms with Crippen LogP contribution in [-0.4, -0.2) is 61.5 Å². The van der Waals surface area contributed by atoms with Crippen molar-refractivity contribution in [1.29, 1.82) is 0 Å². The van der Waals surface area contributed by atoms with Gasteiger partial charge in [0.1, 0.15) is 12.4 Å². The van der Waals surface area contributed by atoms with E-state index in [9.17, 15) is 8.78 Å². The van der Waals surface area contributed by atoms with Crippen LogP contribution in [0.25, 0.3) is 0 Å². The van der Waals surface area contributed by atoms with Crippen molar-refractivity contribution in [3.8, 4) is 5.75 Å². The molecule has 2 N–H and O–H groups in total. The van der Waals surface area contributed by atoms with Crippen LogP contribution in [0.2, 0.25) is 0 Å². The molecule has 27 heavy (non-hydrogen) atoms. The van der Waals surface area contributed by atoms with Gasteiger partial charge in [0.05, 0.1) is 18.8 Å². The number of halogens is 2. The maximum absolute atomic E-state index is 13.5. The van der Waals surface area contributed by atoms with E-state index in [1.54, 1.807) is 11.7 Å². The smallest absolute Gasteiger partial charge is 0.191 e. The quantitative estimate of drug-likeness (QED) is 0.413. The van der Waals surface area contributed by atoms with E-state index in [1.165, 1.54) is 6.07 Å². The third kappa shape index (κ3) is 6.21. The lowest BCUT2D eigenvalue weighted by Crippen LogP contribution is -2.43. The molecule has 0 spiro atoms. The molecule has 7 nitrogen and oxygen atoms in total. The van der Waals surface area contributed by atoms with Crippen molar-refractivity contribution < 1.29 is 13.5 Å². The Hall–Kier alpha value is -2.68. The zero-order valence-electron chi connectivity index (χ0n) is 16.0. The molecule has 1 heterocycles. The molecule has 2 aromatic rings. The third-order valence-corrected chi connectivity index (χ3v) is 3.97. The molecule has 0 radical (unpaired) electrons. The fourth-order valence-electron chi connectivity index (χ4n) is 2.55. The molecule has 1 unspecified atom stereocenters. The standard InChI is InChI=1S/C18H26F2N6O/c1-21-18(22-7-8-27-17-6-5-14(19)9-15(17)20)23-11-16(25(2)3)13-10-24-26(4)12-13/h5-6,9-10,12,16H,7-8,11H2,1-4H3,(H2,21,22,23). The number of rotatable bonds is 8. The van der Waals surface area contributed by atoms with E-state index in [-0.39, 0.29) is 18.4 Å². The van der Waals surface area contributed by atoms with Gasteiger partial charge in [-0.05, 0) is 26.2 Å². The lowest BCUT2D eigenvalue weighted by Gasteiger charge is -2.24. The summed E-state index contributed by atoms with van der Waals surface area (Å²) in [4.78, 5) is 6.26. The molecule has 0 aliphatic carbocycles. The molecule has 1 aromatic heterocycles. The summed E-state index contributed by atoms with van der Waals surface area (Å²) < 4.78 is 33.5. The number of aliphatic imine (C=N–C) groups is 1. The molecule has 0 aliphatic rings. The Kier molecular flexibility index (Phi) is 7.54. The van der Waals surface area contributed by atoms with Crippen LogP contribution in [-0.2, 0) is 7.05 Å². The van der Waals surface area contributed by atoms with E-state index in [0.29, 0.717) is 19.0 Å². The molecule has 1 atom stereocenters. The zero-order valence-corrected chi connectivity index (χ0v) is 16.0. The normalized spacial score (nSPS) is 12.9. The van der Waals surface area contributed by atoms with E-state index in [4.69, 9.17) is 4.74 Å². The number of hydrogen-bond acceptors (Lipinski definition) is 4. The summed E-state index contributed by atoms with van der Waals surface area (Å²) >= 11 is 0. The van der Waals surface area contributed by atoms with Gasteiger partial charge in [-0.1, -0.05) is 0 Å². The Balaban J connectivity index is 1.79. The van der Waals surface area contributed by atoms with Gasteiger partial charge in [-0.2, -0.15) is 5.10 Å². The van der Waals surface area contributed by atoms with Gasteiger partial charge >= 0.3 is 0 Å². The van der Waals surface area contributed by atoms with Crippen LogP contribution in [0.3, 0.4) is 0 Å². The largest absolute Gasteiger partial charge is 0.489 e. The highest BCUT2D eigenvalue weighted by molar-refractivity contribution is 5.79. The molecule has 148 valence electrons. The van der Waals surface area contributed by atoms with Crippen LogP contribution in [0.15, 0.2) is 35.6 Å². The Morgan fingerprint density at radius 1 is 1.33 bits per heavy atom. The highest BCUT2D eigenvalue weighted by atomic mass is 19.1. The maximum atomic E-state index is 13.5. The Bertz CT molecular complexity index is 762. The summed E-state index contributed by atoms with van der Waals surface area (Å²) in [5.74, 6) is -0.728. The molecule has 0 fully saturated rings. The minimum Gasteiger partial charge on any atom is -0.489 e. The summed E-state index contributed by atoms with van der Waals surface area (Å²) in [6, 6.07) is 3.35. The van der Waals surface area contributed by atoms with Crippen molar-refractivity contribution in [1.82, 2.24) is 25.3 Å². The molecule has 0 bridgehead atoms. The van der Waals surface area contributed by atoms with Crippen LogP contribution < -0.4 is 15.4 Å². The monoisotopic (exact) mass is 380 g/mol. The third-order valence-electron chi connectivity index (χ3n) is 3.97. The number of guanidine groups is 1. The van der Waals surface area contributed by atoms with Crippen LogP contribution in [0, 0.1) is 11.6 Å². The lowest BCUT2D eigenvalue weighted by molar-refractivity contribution is 0.295. The van der Waals surface area contributed by atoms with Gasteiger partial charge in [0.15, 0.2) is 17.5 Å². The molecule has 1 aromatic carbocycles. The van der Waals surface area contributed by atoms with E-state index in [1.807, 2.05) is 33.5 Å². The molecule has 2 rings (SSSR count). The van der Waals surface area contributed by atoms with Gasteiger partial charge in [-0.25, -0.2) is 8.78 Å². The predicted octanol–water partition coefficient (Wildman–Crippen LogP) is 1.54. The van der Waals surface area contributed by atoms with E-state index in [2.05, 4.69) is 25.6 Å². The van der Waals surface area contributed by atoms with Crippen LogP contribution >= 0.6 is 0 Å². The summed E-state index contributed by atoms with van der Waals surface area (Å²) in [5.41, 5.74) is 1.10. The highest BCUT2D eigenvalue weighted by Gasteiger charge is 2.16. The second-order valence-corrected chi connectivity index (χ2v) is 6.23. The van der Waals surface area contributed by atoms with Crippen molar-refractivity contribution in [3.05, 3.63) is 47.8 Å². The fraction of sp³-hybridized carbons (Fsp3) is 0.444. The van der Waals surface area contributed by atoms with E-state index < -0.39 is 11.6 Å². The summed E-state index contributed by atoms with van der Waals surface area (Å²) in [6.07, 6.45) is 3.82. The molecule has 0 saturated heterocycles. The Morgan fingerprint density at radius 3 is 2.70 bits per heavy atom. The molecule has 9 heteroatoms.